The van der Waals surface area contributed by atoms with Crippen molar-refractivity contribution in [3.8, 4) is 0 Å². The van der Waals surface area contributed by atoms with Gasteiger partial charge in [0.05, 0.1) is 0 Å². The number of likely N-dealkylation sites (tertiary alicyclic amines) is 1. The van der Waals surface area contributed by atoms with Crippen LogP contribution in [0.4, 0.5) is 0 Å². The summed E-state index contributed by atoms with van der Waals surface area (Å²) in [5.74, 6) is 2.01. The molecule has 0 bridgehead atoms. The lowest BCUT2D eigenvalue weighted by Gasteiger charge is -2.37. The Kier molecular flexibility index (Phi) is 5.18. The minimum absolute atomic E-state index is 0.00319. The first-order chi connectivity index (χ1) is 14.9. The summed E-state index contributed by atoms with van der Waals surface area (Å²) in [6.07, 6.45) is 10.4. The Bertz CT molecular complexity index is 1030. The van der Waals surface area contributed by atoms with Gasteiger partial charge in [0.15, 0.2) is 0 Å². The number of carbonyl (C=O) groups excluding carboxylic acids is 1. The Balaban J connectivity index is 1.40. The summed E-state index contributed by atoms with van der Waals surface area (Å²) in [4.78, 5) is 31.7. The highest BCUT2D eigenvalue weighted by Gasteiger charge is 2.50. The quantitative estimate of drug-likeness (QED) is 0.736. The Morgan fingerprint density at radius 1 is 1.19 bits per heavy atom. The lowest BCUT2D eigenvalue weighted by atomic mass is 9.67. The Morgan fingerprint density at radius 3 is 2.68 bits per heavy atom. The van der Waals surface area contributed by atoms with Crippen LogP contribution in [0.15, 0.2) is 17.2 Å². The second-order valence-corrected chi connectivity index (χ2v) is 9.94. The molecule has 3 fully saturated rings. The molecule has 1 saturated heterocycles. The first kappa shape index (κ1) is 20.4. The minimum atomic E-state index is -0.349. The van der Waals surface area contributed by atoms with Crippen molar-refractivity contribution in [2.75, 3.05) is 13.1 Å². The highest BCUT2D eigenvalue weighted by Crippen LogP contribution is 2.51. The van der Waals surface area contributed by atoms with Crippen LogP contribution in [-0.4, -0.2) is 48.2 Å². The van der Waals surface area contributed by atoms with E-state index < -0.39 is 0 Å². The van der Waals surface area contributed by atoms with E-state index in [1.807, 2.05) is 24.2 Å². The minimum Gasteiger partial charge on any atom is -0.340 e. The number of hydrogen-bond donors (Lipinski definition) is 0. The van der Waals surface area contributed by atoms with Crippen molar-refractivity contribution in [2.24, 2.45) is 11.3 Å². The maximum absolute atomic E-state index is 13.3. The van der Waals surface area contributed by atoms with E-state index in [0.717, 1.165) is 43.4 Å². The maximum Gasteiger partial charge on any atom is 0.348 e. The second kappa shape index (κ2) is 7.88. The lowest BCUT2D eigenvalue weighted by Crippen LogP contribution is -2.38. The number of aryl methyl sites for hydroxylation is 2. The standard InChI is InChI=1S/C23H32N6O2/c1-16-10-17(2)29(22(31)25-16)13-20(30)27-12-19(23(14-27)8-4-3-5-9-23)21-26-24-15-28(21)11-18-6-7-18/h10,15,18-19H,3-9,11-14H2,1-2H3. The van der Waals surface area contributed by atoms with Crippen LogP contribution in [0.2, 0.25) is 0 Å². The molecule has 166 valence electrons. The zero-order valence-electron chi connectivity index (χ0n) is 18.6. The van der Waals surface area contributed by atoms with E-state index in [9.17, 15) is 9.59 Å². The van der Waals surface area contributed by atoms with Gasteiger partial charge in [0.25, 0.3) is 0 Å². The molecule has 2 aromatic heterocycles. The second-order valence-electron chi connectivity index (χ2n) is 9.94. The normalized spacial score (nSPS) is 22.9. The van der Waals surface area contributed by atoms with Crippen LogP contribution in [0.3, 0.4) is 0 Å². The van der Waals surface area contributed by atoms with Crippen molar-refractivity contribution >= 4 is 5.91 Å². The third-order valence-electron chi connectivity index (χ3n) is 7.60. The Hall–Kier alpha value is -2.51. The fraction of sp³-hybridized carbons (Fsp3) is 0.696. The van der Waals surface area contributed by atoms with E-state index in [4.69, 9.17) is 0 Å². The van der Waals surface area contributed by atoms with Crippen molar-refractivity contribution < 1.29 is 4.79 Å². The number of carbonyl (C=O) groups is 1. The molecule has 0 aromatic carbocycles. The molecule has 2 aliphatic carbocycles. The average molecular weight is 425 g/mol. The first-order valence-corrected chi connectivity index (χ1v) is 11.7. The van der Waals surface area contributed by atoms with Gasteiger partial charge in [-0.1, -0.05) is 19.3 Å². The molecule has 0 N–H and O–H groups in total. The molecule has 5 rings (SSSR count). The van der Waals surface area contributed by atoms with Gasteiger partial charge < -0.3 is 9.47 Å². The molecule has 1 atom stereocenters. The number of rotatable bonds is 5. The van der Waals surface area contributed by atoms with Gasteiger partial charge in [-0.15, -0.1) is 10.2 Å². The third kappa shape index (κ3) is 3.92. The van der Waals surface area contributed by atoms with Gasteiger partial charge in [-0.2, -0.15) is 4.98 Å². The smallest absolute Gasteiger partial charge is 0.340 e. The van der Waals surface area contributed by atoms with Crippen LogP contribution in [0.1, 0.15) is 68.1 Å². The topological polar surface area (TPSA) is 85.9 Å². The van der Waals surface area contributed by atoms with Crippen molar-refractivity contribution in [1.82, 2.24) is 29.2 Å². The fourth-order valence-corrected chi connectivity index (χ4v) is 5.73. The van der Waals surface area contributed by atoms with E-state index >= 15 is 0 Å². The molecule has 3 heterocycles. The van der Waals surface area contributed by atoms with Gasteiger partial charge in [0, 0.05) is 36.9 Å². The predicted molar refractivity (Wildman–Crippen MR) is 116 cm³/mol. The van der Waals surface area contributed by atoms with Crippen molar-refractivity contribution in [3.05, 3.63) is 40.1 Å². The summed E-state index contributed by atoms with van der Waals surface area (Å²) in [6, 6.07) is 1.85. The number of aromatic nitrogens is 5. The highest BCUT2D eigenvalue weighted by atomic mass is 16.2. The highest BCUT2D eigenvalue weighted by molar-refractivity contribution is 5.76. The van der Waals surface area contributed by atoms with E-state index in [-0.39, 0.29) is 29.5 Å². The van der Waals surface area contributed by atoms with Crippen molar-refractivity contribution in [3.63, 3.8) is 0 Å². The summed E-state index contributed by atoms with van der Waals surface area (Å²) < 4.78 is 3.73. The van der Waals surface area contributed by atoms with Gasteiger partial charge in [-0.05, 0) is 56.9 Å². The summed E-state index contributed by atoms with van der Waals surface area (Å²) >= 11 is 0. The van der Waals surface area contributed by atoms with Gasteiger partial charge in [0.1, 0.15) is 18.7 Å². The third-order valence-corrected chi connectivity index (χ3v) is 7.60. The van der Waals surface area contributed by atoms with Gasteiger partial charge in [0.2, 0.25) is 5.91 Å². The molecule has 1 spiro atoms. The molecule has 1 amide bonds. The summed E-state index contributed by atoms with van der Waals surface area (Å²) in [5.41, 5.74) is 1.19. The SMILES string of the molecule is Cc1cc(C)n(CC(=O)N2CC(c3nncn3CC3CC3)C3(CCCCC3)C2)c(=O)n1. The number of amides is 1. The number of nitrogens with zero attached hydrogens (tertiary/aromatic N) is 6. The zero-order valence-corrected chi connectivity index (χ0v) is 18.6. The van der Waals surface area contributed by atoms with Crippen molar-refractivity contribution in [2.45, 2.75) is 77.8 Å². The first-order valence-electron chi connectivity index (χ1n) is 11.7. The van der Waals surface area contributed by atoms with E-state index in [1.165, 1.54) is 36.7 Å². The molecule has 2 aromatic rings. The Labute approximate surface area is 182 Å². The monoisotopic (exact) mass is 424 g/mol. The zero-order chi connectivity index (χ0) is 21.6. The molecule has 2 saturated carbocycles. The van der Waals surface area contributed by atoms with Crippen LogP contribution < -0.4 is 5.69 Å². The van der Waals surface area contributed by atoms with Crippen LogP contribution in [-0.2, 0) is 17.9 Å². The summed E-state index contributed by atoms with van der Waals surface area (Å²) in [7, 11) is 0. The molecule has 1 unspecified atom stereocenters. The largest absolute Gasteiger partial charge is 0.348 e. The fourth-order valence-electron chi connectivity index (χ4n) is 5.73. The average Bonchev–Trinajstić information content (AvgIpc) is 3.32. The van der Waals surface area contributed by atoms with Crippen LogP contribution >= 0.6 is 0 Å². The van der Waals surface area contributed by atoms with Crippen LogP contribution in [0.5, 0.6) is 0 Å². The molecule has 31 heavy (non-hydrogen) atoms. The Morgan fingerprint density at radius 2 is 1.97 bits per heavy atom. The molecular formula is C23H32N6O2. The molecule has 1 aliphatic heterocycles. The number of hydrogen-bond acceptors (Lipinski definition) is 5. The lowest BCUT2D eigenvalue weighted by molar-refractivity contribution is -0.131. The predicted octanol–water partition coefficient (Wildman–Crippen LogP) is 2.44. The van der Waals surface area contributed by atoms with Crippen molar-refractivity contribution in [1.29, 1.82) is 0 Å². The molecule has 8 heteroatoms. The van der Waals surface area contributed by atoms with E-state index in [0.29, 0.717) is 12.2 Å². The molecule has 0 radical (unpaired) electrons. The molecule has 3 aliphatic rings. The van der Waals surface area contributed by atoms with E-state index in [1.54, 1.807) is 6.92 Å². The summed E-state index contributed by atoms with van der Waals surface area (Å²) in [6.45, 7) is 6.12. The molecular weight excluding hydrogens is 392 g/mol. The van der Waals surface area contributed by atoms with Gasteiger partial charge >= 0.3 is 5.69 Å². The summed E-state index contributed by atoms with van der Waals surface area (Å²) in [5, 5.41) is 8.80. The van der Waals surface area contributed by atoms with Gasteiger partial charge in [-0.25, -0.2) is 4.79 Å². The van der Waals surface area contributed by atoms with Gasteiger partial charge in [-0.3, -0.25) is 9.36 Å². The van der Waals surface area contributed by atoms with Crippen LogP contribution in [0.25, 0.3) is 0 Å². The van der Waals surface area contributed by atoms with E-state index in [2.05, 4.69) is 19.7 Å². The molecule has 8 nitrogen and oxygen atoms in total. The van der Waals surface area contributed by atoms with Crippen LogP contribution in [0, 0.1) is 25.2 Å². The maximum atomic E-state index is 13.3.